The van der Waals surface area contributed by atoms with Crippen LogP contribution in [0.2, 0.25) is 0 Å². The largest absolute Gasteiger partial charge is 0.426 e. The molecule has 0 aliphatic heterocycles. The van der Waals surface area contributed by atoms with E-state index >= 15 is 0 Å². The minimum atomic E-state index is -0.134. The molecule has 0 fully saturated rings. The summed E-state index contributed by atoms with van der Waals surface area (Å²) in [5.74, 6) is 0.511. The normalized spacial score (nSPS) is 11.2. The maximum atomic E-state index is 12.4. The summed E-state index contributed by atoms with van der Waals surface area (Å²) in [6, 6.07) is 9.44. The van der Waals surface area contributed by atoms with Crippen LogP contribution in [0, 0.1) is 0 Å². The second kappa shape index (κ2) is 20.5. The molecule has 1 rings (SSSR count). The van der Waals surface area contributed by atoms with E-state index in [1.165, 1.54) is 103 Å². The molecular formula is C28H49NO2. The average molecular weight is 432 g/mol. The highest BCUT2D eigenvalue weighted by atomic mass is 16.5. The lowest BCUT2D eigenvalue weighted by Crippen LogP contribution is -2.34. The van der Waals surface area contributed by atoms with Crippen molar-refractivity contribution < 1.29 is 9.53 Å². The van der Waals surface area contributed by atoms with Crippen LogP contribution in [0.1, 0.15) is 117 Å². The summed E-state index contributed by atoms with van der Waals surface area (Å²) in [5.41, 5.74) is 0. The van der Waals surface area contributed by atoms with Crippen molar-refractivity contribution in [3.63, 3.8) is 0 Å². The molecule has 0 unspecified atom stereocenters. The fraction of sp³-hybridized carbons (Fsp3) is 0.750. The van der Waals surface area contributed by atoms with E-state index in [0.717, 1.165) is 13.1 Å². The Labute approximate surface area is 192 Å². The molecule has 1 aromatic carbocycles. The Bertz CT molecular complexity index is 497. The molecule has 0 N–H and O–H groups in total. The maximum absolute atomic E-state index is 12.4. The maximum Gasteiger partial charge on any atom is 0.325 e. The smallest absolute Gasteiger partial charge is 0.325 e. The summed E-state index contributed by atoms with van der Waals surface area (Å²) in [5, 5.41) is 0. The van der Waals surface area contributed by atoms with Crippen LogP contribution in [0.3, 0.4) is 0 Å². The van der Waals surface area contributed by atoms with Gasteiger partial charge in [0.25, 0.3) is 0 Å². The number of hydrogen-bond donors (Lipinski definition) is 0. The molecule has 0 atom stereocenters. The zero-order chi connectivity index (χ0) is 22.4. The van der Waals surface area contributed by atoms with Crippen molar-refractivity contribution in [1.29, 1.82) is 0 Å². The molecule has 0 aliphatic rings. The lowest BCUT2D eigenvalue weighted by atomic mass is 10.1. The third kappa shape index (κ3) is 16.9. The van der Waals surface area contributed by atoms with Crippen molar-refractivity contribution in [2.75, 3.05) is 19.6 Å². The lowest BCUT2D eigenvalue weighted by Gasteiger charge is -2.21. The minimum Gasteiger partial charge on any atom is -0.426 e. The Morgan fingerprint density at radius 1 is 0.645 bits per heavy atom. The summed E-state index contributed by atoms with van der Waals surface area (Å²) in [6.07, 6.45) is 21.1. The van der Waals surface area contributed by atoms with Crippen molar-refractivity contribution in [2.45, 2.75) is 117 Å². The molecule has 178 valence electrons. The van der Waals surface area contributed by atoms with Crippen molar-refractivity contribution in [1.82, 2.24) is 4.90 Å². The molecule has 0 radical (unpaired) electrons. The first-order valence-corrected chi connectivity index (χ1v) is 13.2. The van der Waals surface area contributed by atoms with E-state index in [1.807, 2.05) is 30.3 Å². The summed E-state index contributed by atoms with van der Waals surface area (Å²) in [6.45, 7) is 6.96. The fourth-order valence-corrected chi connectivity index (χ4v) is 4.04. The fourth-order valence-electron chi connectivity index (χ4n) is 4.04. The van der Waals surface area contributed by atoms with Gasteiger partial charge in [-0.05, 0) is 38.1 Å². The van der Waals surface area contributed by atoms with Crippen LogP contribution < -0.4 is 4.74 Å². The summed E-state index contributed by atoms with van der Waals surface area (Å²) >= 11 is 0. The molecule has 0 bridgehead atoms. The van der Waals surface area contributed by atoms with Gasteiger partial charge in [0.1, 0.15) is 5.75 Å². The minimum absolute atomic E-state index is 0.134. The van der Waals surface area contributed by atoms with Crippen molar-refractivity contribution in [3.05, 3.63) is 30.3 Å². The molecule has 31 heavy (non-hydrogen) atoms. The van der Waals surface area contributed by atoms with Crippen LogP contribution in [0.25, 0.3) is 0 Å². The van der Waals surface area contributed by atoms with E-state index in [9.17, 15) is 4.79 Å². The lowest BCUT2D eigenvalue weighted by molar-refractivity contribution is -0.135. The van der Waals surface area contributed by atoms with E-state index in [2.05, 4.69) is 18.7 Å². The zero-order valence-electron chi connectivity index (χ0n) is 20.6. The number of unbranched alkanes of at least 4 members (excludes halogenated alkanes) is 14. The molecule has 0 heterocycles. The molecule has 0 saturated heterocycles. The number of rotatable bonds is 21. The van der Waals surface area contributed by atoms with E-state index in [4.69, 9.17) is 4.74 Å². The van der Waals surface area contributed by atoms with Gasteiger partial charge in [0, 0.05) is 0 Å². The highest BCUT2D eigenvalue weighted by Gasteiger charge is 2.12. The zero-order valence-corrected chi connectivity index (χ0v) is 20.6. The SMILES string of the molecule is CCCCCCCCCCN(CCCCCCCCCC)CC(=O)Oc1ccccc1. The summed E-state index contributed by atoms with van der Waals surface area (Å²) in [7, 11) is 0. The van der Waals surface area contributed by atoms with Crippen LogP contribution in [0.15, 0.2) is 30.3 Å². The Morgan fingerprint density at radius 3 is 1.52 bits per heavy atom. The number of hydrogen-bond acceptors (Lipinski definition) is 3. The number of ether oxygens (including phenoxy) is 1. The Morgan fingerprint density at radius 2 is 1.06 bits per heavy atom. The molecule has 0 aromatic heterocycles. The Balaban J connectivity index is 2.27. The number of nitrogens with zero attached hydrogens (tertiary/aromatic N) is 1. The monoisotopic (exact) mass is 431 g/mol. The van der Waals surface area contributed by atoms with E-state index in [-0.39, 0.29) is 5.97 Å². The molecule has 0 saturated carbocycles. The Hall–Kier alpha value is -1.35. The van der Waals surface area contributed by atoms with Gasteiger partial charge in [-0.3, -0.25) is 9.69 Å². The first-order chi connectivity index (χ1) is 15.3. The highest BCUT2D eigenvalue weighted by Crippen LogP contribution is 2.12. The second-order valence-corrected chi connectivity index (χ2v) is 9.01. The van der Waals surface area contributed by atoms with Crippen molar-refractivity contribution >= 4 is 5.97 Å². The average Bonchev–Trinajstić information content (AvgIpc) is 2.77. The second-order valence-electron chi connectivity index (χ2n) is 9.01. The number of carbonyl (C=O) groups is 1. The standard InChI is InChI=1S/C28H49NO2/c1-3-5-7-9-11-13-15-20-24-29(25-21-16-14-12-10-8-6-4-2)26-28(30)31-27-22-18-17-19-23-27/h17-19,22-23H,3-16,20-21,24-26H2,1-2H3. The number of benzene rings is 1. The van der Waals surface area contributed by atoms with Gasteiger partial charge >= 0.3 is 5.97 Å². The van der Waals surface area contributed by atoms with E-state index < -0.39 is 0 Å². The number of esters is 1. The van der Waals surface area contributed by atoms with E-state index in [1.54, 1.807) is 0 Å². The molecule has 0 amide bonds. The van der Waals surface area contributed by atoms with Gasteiger partial charge in [0.2, 0.25) is 0 Å². The van der Waals surface area contributed by atoms with Crippen LogP contribution in [0.5, 0.6) is 5.75 Å². The molecule has 3 nitrogen and oxygen atoms in total. The molecule has 0 aliphatic carbocycles. The van der Waals surface area contributed by atoms with E-state index in [0.29, 0.717) is 12.3 Å². The van der Waals surface area contributed by atoms with Gasteiger partial charge in [-0.2, -0.15) is 0 Å². The predicted molar refractivity (Wildman–Crippen MR) is 134 cm³/mol. The third-order valence-electron chi connectivity index (χ3n) is 5.98. The molecule has 3 heteroatoms. The molecular weight excluding hydrogens is 382 g/mol. The molecule has 0 spiro atoms. The first-order valence-electron chi connectivity index (χ1n) is 13.2. The van der Waals surface area contributed by atoms with Crippen LogP contribution >= 0.6 is 0 Å². The van der Waals surface area contributed by atoms with Gasteiger partial charge in [-0.25, -0.2) is 0 Å². The molecule has 1 aromatic rings. The quantitative estimate of drug-likeness (QED) is 0.112. The Kier molecular flexibility index (Phi) is 18.3. The topological polar surface area (TPSA) is 29.5 Å². The van der Waals surface area contributed by atoms with Crippen molar-refractivity contribution in [2.24, 2.45) is 0 Å². The van der Waals surface area contributed by atoms with Crippen LogP contribution in [0.4, 0.5) is 0 Å². The third-order valence-corrected chi connectivity index (χ3v) is 5.98. The predicted octanol–water partition coefficient (Wildman–Crippen LogP) is 8.18. The van der Waals surface area contributed by atoms with Crippen molar-refractivity contribution in [3.8, 4) is 5.75 Å². The van der Waals surface area contributed by atoms with Gasteiger partial charge in [0.05, 0.1) is 6.54 Å². The first kappa shape index (κ1) is 27.7. The van der Waals surface area contributed by atoms with Crippen LogP contribution in [-0.4, -0.2) is 30.5 Å². The van der Waals surface area contributed by atoms with Gasteiger partial charge in [-0.1, -0.05) is 122 Å². The van der Waals surface area contributed by atoms with Gasteiger partial charge in [-0.15, -0.1) is 0 Å². The number of para-hydroxylation sites is 1. The van der Waals surface area contributed by atoms with Gasteiger partial charge in [0.15, 0.2) is 0 Å². The van der Waals surface area contributed by atoms with Gasteiger partial charge < -0.3 is 4.74 Å². The van der Waals surface area contributed by atoms with Crippen LogP contribution in [-0.2, 0) is 4.79 Å². The summed E-state index contributed by atoms with van der Waals surface area (Å²) in [4.78, 5) is 14.7. The number of carbonyl (C=O) groups excluding carboxylic acids is 1. The summed E-state index contributed by atoms with van der Waals surface area (Å²) < 4.78 is 5.53. The highest BCUT2D eigenvalue weighted by molar-refractivity contribution is 5.74.